The first-order valence-electron chi connectivity index (χ1n) is 10.4. The van der Waals surface area contributed by atoms with Gasteiger partial charge in [0.15, 0.2) is 5.16 Å². The Morgan fingerprint density at radius 3 is 2.54 bits per heavy atom. The summed E-state index contributed by atoms with van der Waals surface area (Å²) < 4.78 is 0. The van der Waals surface area contributed by atoms with E-state index in [4.69, 9.17) is 0 Å². The summed E-state index contributed by atoms with van der Waals surface area (Å²) in [5.74, 6) is 3.00. The van der Waals surface area contributed by atoms with Crippen molar-refractivity contribution >= 4 is 23.4 Å². The van der Waals surface area contributed by atoms with Crippen LogP contribution < -0.4 is 5.32 Å². The topological polar surface area (TPSA) is 70.7 Å². The minimum atomic E-state index is -0.0295. The maximum atomic E-state index is 12.2. The molecule has 0 aliphatic heterocycles. The third kappa shape index (κ3) is 4.43. The Morgan fingerprint density at radius 1 is 1.21 bits per heavy atom. The van der Waals surface area contributed by atoms with Gasteiger partial charge in [-0.05, 0) is 73.0 Å². The number of H-pyrrole nitrogens is 1. The number of carbonyl (C=O) groups is 1. The predicted octanol–water partition coefficient (Wildman–Crippen LogP) is 5.03. The molecule has 0 spiro atoms. The molecule has 1 aromatic heterocycles. The highest BCUT2D eigenvalue weighted by Crippen LogP contribution is 2.51. The lowest BCUT2D eigenvalue weighted by Gasteiger charge is -2.48. The Kier molecular flexibility index (Phi) is 5.76. The Labute approximate surface area is 171 Å². The second kappa shape index (κ2) is 8.27. The van der Waals surface area contributed by atoms with Crippen LogP contribution in [-0.2, 0) is 10.2 Å². The molecule has 0 saturated heterocycles. The monoisotopic (exact) mass is 398 g/mol. The van der Waals surface area contributed by atoms with Gasteiger partial charge >= 0.3 is 0 Å². The predicted molar refractivity (Wildman–Crippen MR) is 113 cm³/mol. The summed E-state index contributed by atoms with van der Waals surface area (Å²) in [7, 11) is 0. The van der Waals surface area contributed by atoms with E-state index in [9.17, 15) is 4.79 Å². The molecule has 2 saturated carbocycles. The lowest BCUT2D eigenvalue weighted by molar-refractivity contribution is -0.113. The Balaban J connectivity index is 1.35. The molecule has 2 aliphatic rings. The second-order valence-electron chi connectivity index (χ2n) is 8.89. The number of fused-ring (bicyclic) bond motifs is 2. The second-order valence-corrected chi connectivity index (χ2v) is 9.85. The fourth-order valence-corrected chi connectivity index (χ4v) is 6.10. The molecule has 0 radical (unpaired) electrons. The molecule has 5 nitrogen and oxygen atoms in total. The molecule has 2 N–H and O–H groups in total. The molecule has 4 rings (SSSR count). The summed E-state index contributed by atoms with van der Waals surface area (Å²) in [6.07, 6.45) is 9.73. The number of rotatable bonds is 6. The third-order valence-electron chi connectivity index (χ3n) is 6.66. The average molecular weight is 399 g/mol. The van der Waals surface area contributed by atoms with Gasteiger partial charge in [0.25, 0.3) is 0 Å². The van der Waals surface area contributed by atoms with Crippen LogP contribution in [0.25, 0.3) is 0 Å². The van der Waals surface area contributed by atoms with E-state index < -0.39 is 0 Å². The van der Waals surface area contributed by atoms with Crippen molar-refractivity contribution in [3.8, 4) is 0 Å². The minimum Gasteiger partial charge on any atom is -0.325 e. The van der Waals surface area contributed by atoms with E-state index in [1.54, 1.807) is 0 Å². The van der Waals surface area contributed by atoms with Crippen LogP contribution >= 0.6 is 11.8 Å². The van der Waals surface area contributed by atoms with Gasteiger partial charge in [-0.25, -0.2) is 0 Å². The van der Waals surface area contributed by atoms with Crippen molar-refractivity contribution in [3.05, 3.63) is 36.2 Å². The molecule has 6 heteroatoms. The number of anilines is 1. The molecule has 2 atom stereocenters. The number of hydrogen-bond acceptors (Lipinski definition) is 4. The number of thioether (sulfide) groups is 1. The van der Waals surface area contributed by atoms with Crippen LogP contribution in [0.2, 0.25) is 0 Å². The van der Waals surface area contributed by atoms with E-state index >= 15 is 0 Å². The SMILES string of the molecule is CCC1CC2CC(C1)CC(C)(c1ccc(NC(=O)CSc3nnc[nH]3)cc1)C2. The van der Waals surface area contributed by atoms with Crippen LogP contribution in [-0.4, -0.2) is 26.8 Å². The summed E-state index contributed by atoms with van der Waals surface area (Å²) in [6.45, 7) is 4.79. The number of amides is 1. The number of nitrogens with one attached hydrogen (secondary N) is 2. The van der Waals surface area contributed by atoms with Crippen molar-refractivity contribution in [1.29, 1.82) is 0 Å². The Hall–Kier alpha value is -1.82. The molecular weight excluding hydrogens is 368 g/mol. The number of nitrogens with zero attached hydrogens (tertiary/aromatic N) is 2. The molecule has 1 amide bonds. The van der Waals surface area contributed by atoms with Crippen LogP contribution in [0.1, 0.15) is 57.9 Å². The summed E-state index contributed by atoms with van der Waals surface area (Å²) in [4.78, 5) is 15.0. The van der Waals surface area contributed by atoms with E-state index in [2.05, 4.69) is 58.6 Å². The van der Waals surface area contributed by atoms with Crippen molar-refractivity contribution < 1.29 is 4.79 Å². The van der Waals surface area contributed by atoms with Crippen molar-refractivity contribution in [2.45, 2.75) is 62.9 Å². The lowest BCUT2D eigenvalue weighted by Crippen LogP contribution is -2.39. The quantitative estimate of drug-likeness (QED) is 0.670. The fraction of sp³-hybridized carbons (Fsp3) is 0.591. The molecule has 2 unspecified atom stereocenters. The van der Waals surface area contributed by atoms with Gasteiger partial charge in [-0.1, -0.05) is 44.2 Å². The van der Waals surface area contributed by atoms with Gasteiger partial charge in [-0.2, -0.15) is 0 Å². The Morgan fingerprint density at radius 2 is 1.93 bits per heavy atom. The van der Waals surface area contributed by atoms with Crippen LogP contribution in [0.4, 0.5) is 5.69 Å². The first-order valence-corrected chi connectivity index (χ1v) is 11.4. The highest BCUT2D eigenvalue weighted by atomic mass is 32.2. The third-order valence-corrected chi connectivity index (χ3v) is 7.54. The molecule has 28 heavy (non-hydrogen) atoms. The van der Waals surface area contributed by atoms with Crippen LogP contribution in [0, 0.1) is 17.8 Å². The van der Waals surface area contributed by atoms with Gasteiger partial charge in [-0.15, -0.1) is 10.2 Å². The number of aromatic amines is 1. The zero-order valence-corrected chi connectivity index (χ0v) is 17.6. The van der Waals surface area contributed by atoms with Crippen LogP contribution in [0.3, 0.4) is 0 Å². The summed E-state index contributed by atoms with van der Waals surface area (Å²) >= 11 is 1.35. The number of benzene rings is 1. The number of carbonyl (C=O) groups excluding carboxylic acids is 1. The van der Waals surface area contributed by atoms with Crippen molar-refractivity contribution in [2.75, 3.05) is 11.1 Å². The van der Waals surface area contributed by atoms with Crippen molar-refractivity contribution in [1.82, 2.24) is 15.2 Å². The highest BCUT2D eigenvalue weighted by molar-refractivity contribution is 7.99. The van der Waals surface area contributed by atoms with Gasteiger partial charge in [0.1, 0.15) is 6.33 Å². The molecule has 1 heterocycles. The highest BCUT2D eigenvalue weighted by Gasteiger charge is 2.42. The standard InChI is InChI=1S/C22H30N4OS/c1-3-15-8-16-10-17(9-15)12-22(2,11-16)18-4-6-19(7-5-18)25-20(27)13-28-21-23-14-24-26-21/h4-7,14-17H,3,8-13H2,1-2H3,(H,25,27)(H,23,24,26). The smallest absolute Gasteiger partial charge is 0.234 e. The van der Waals surface area contributed by atoms with E-state index in [1.807, 2.05) is 0 Å². The van der Waals surface area contributed by atoms with Gasteiger partial charge in [0.2, 0.25) is 5.91 Å². The number of hydrogen-bond donors (Lipinski definition) is 2. The largest absolute Gasteiger partial charge is 0.325 e. The van der Waals surface area contributed by atoms with Crippen LogP contribution in [0.5, 0.6) is 0 Å². The summed E-state index contributed by atoms with van der Waals surface area (Å²) in [6, 6.07) is 8.54. The van der Waals surface area contributed by atoms with E-state index in [-0.39, 0.29) is 11.3 Å². The lowest BCUT2D eigenvalue weighted by atomic mass is 9.57. The fourth-order valence-electron chi connectivity index (χ4n) is 5.51. The van der Waals surface area contributed by atoms with Gasteiger partial charge < -0.3 is 10.3 Å². The van der Waals surface area contributed by atoms with Gasteiger partial charge in [0, 0.05) is 5.69 Å². The molecule has 2 aromatic rings. The minimum absolute atomic E-state index is 0.0295. The zero-order chi connectivity index (χ0) is 19.6. The average Bonchev–Trinajstić information content (AvgIpc) is 3.19. The molecule has 2 aliphatic carbocycles. The van der Waals surface area contributed by atoms with Gasteiger partial charge in [0.05, 0.1) is 5.75 Å². The molecule has 1 aromatic carbocycles. The maximum absolute atomic E-state index is 12.2. The van der Waals surface area contributed by atoms with E-state index in [0.717, 1.165) is 23.4 Å². The normalized spacial score (nSPS) is 29.4. The molecule has 2 bridgehead atoms. The van der Waals surface area contributed by atoms with E-state index in [0.29, 0.717) is 10.9 Å². The number of aromatic nitrogens is 3. The summed E-state index contributed by atoms with van der Waals surface area (Å²) in [5, 5.41) is 11.2. The van der Waals surface area contributed by atoms with Gasteiger partial charge in [-0.3, -0.25) is 4.79 Å². The van der Waals surface area contributed by atoms with Crippen molar-refractivity contribution in [2.24, 2.45) is 17.8 Å². The molecular formula is C22H30N4OS. The Bertz CT molecular complexity index is 775. The molecule has 150 valence electrons. The molecule has 2 fully saturated rings. The van der Waals surface area contributed by atoms with E-state index in [1.165, 1.54) is 62.2 Å². The first-order chi connectivity index (χ1) is 13.5. The summed E-state index contributed by atoms with van der Waals surface area (Å²) in [5.41, 5.74) is 2.56. The van der Waals surface area contributed by atoms with Crippen molar-refractivity contribution in [3.63, 3.8) is 0 Å². The first kappa shape index (κ1) is 19.5. The maximum Gasteiger partial charge on any atom is 0.234 e. The van der Waals surface area contributed by atoms with Crippen LogP contribution in [0.15, 0.2) is 35.7 Å². The zero-order valence-electron chi connectivity index (χ0n) is 16.8.